The molecule has 0 radical (unpaired) electrons. The zero-order valence-electron chi connectivity index (χ0n) is 17.4. The molecule has 1 fully saturated rings. The summed E-state index contributed by atoms with van der Waals surface area (Å²) in [6, 6.07) is 16.9. The third kappa shape index (κ3) is 6.44. The number of anilines is 1. The van der Waals surface area contributed by atoms with E-state index < -0.39 is 5.97 Å². The van der Waals surface area contributed by atoms with Crippen molar-refractivity contribution in [2.75, 3.05) is 24.7 Å². The maximum absolute atomic E-state index is 13.1. The number of carboxylic acids is 1. The minimum Gasteiger partial charge on any atom is -0.491 e. The SMILES string of the molecule is CC(C)N=C1SC(=Cc2ccc(OCCOCC(=O)O)cc2)C(=O)N1c1ccccc1. The highest BCUT2D eigenvalue weighted by Crippen LogP contribution is 2.36. The Labute approximate surface area is 185 Å². The lowest BCUT2D eigenvalue weighted by Crippen LogP contribution is -2.29. The molecule has 0 spiro atoms. The van der Waals surface area contributed by atoms with E-state index >= 15 is 0 Å². The lowest BCUT2D eigenvalue weighted by atomic mass is 10.2. The van der Waals surface area contributed by atoms with Gasteiger partial charge in [-0.3, -0.25) is 14.7 Å². The number of para-hydroxylation sites is 1. The second-order valence-electron chi connectivity index (χ2n) is 6.96. The zero-order chi connectivity index (χ0) is 22.2. The zero-order valence-corrected chi connectivity index (χ0v) is 18.2. The summed E-state index contributed by atoms with van der Waals surface area (Å²) in [4.78, 5) is 30.4. The average Bonchev–Trinajstić information content (AvgIpc) is 3.03. The van der Waals surface area contributed by atoms with Gasteiger partial charge >= 0.3 is 5.97 Å². The fraction of sp³-hybridized carbons (Fsp3) is 0.261. The number of carbonyl (C=O) groups excluding carboxylic acids is 1. The molecule has 2 aromatic carbocycles. The molecule has 0 saturated carbocycles. The summed E-state index contributed by atoms with van der Waals surface area (Å²) >= 11 is 1.36. The minimum absolute atomic E-state index is 0.0665. The molecule has 1 heterocycles. The van der Waals surface area contributed by atoms with Crippen molar-refractivity contribution in [3.63, 3.8) is 0 Å². The van der Waals surface area contributed by atoms with E-state index in [1.54, 1.807) is 17.0 Å². The van der Waals surface area contributed by atoms with Gasteiger partial charge in [0.25, 0.3) is 5.91 Å². The Balaban J connectivity index is 1.69. The maximum atomic E-state index is 13.1. The Hall–Kier alpha value is -3.10. The van der Waals surface area contributed by atoms with Crippen molar-refractivity contribution in [1.29, 1.82) is 0 Å². The second kappa shape index (κ2) is 10.8. The van der Waals surface area contributed by atoms with Crippen LogP contribution in [-0.2, 0) is 14.3 Å². The molecule has 0 bridgehead atoms. The van der Waals surface area contributed by atoms with Crippen LogP contribution in [0.4, 0.5) is 5.69 Å². The first kappa shape index (κ1) is 22.6. The Morgan fingerprint density at radius 2 is 1.84 bits per heavy atom. The van der Waals surface area contributed by atoms with Crippen molar-refractivity contribution < 1.29 is 24.2 Å². The summed E-state index contributed by atoms with van der Waals surface area (Å²) in [7, 11) is 0. The molecule has 8 heteroatoms. The van der Waals surface area contributed by atoms with E-state index in [-0.39, 0.29) is 31.8 Å². The molecular formula is C23H24N2O5S. The van der Waals surface area contributed by atoms with Crippen molar-refractivity contribution in [2.45, 2.75) is 19.9 Å². The molecular weight excluding hydrogens is 416 g/mol. The van der Waals surface area contributed by atoms with Crippen LogP contribution >= 0.6 is 11.8 Å². The molecule has 2 aromatic rings. The number of amides is 1. The molecule has 0 aromatic heterocycles. The van der Waals surface area contributed by atoms with Crippen LogP contribution in [0.2, 0.25) is 0 Å². The van der Waals surface area contributed by atoms with Crippen LogP contribution in [0.3, 0.4) is 0 Å². The van der Waals surface area contributed by atoms with E-state index in [9.17, 15) is 9.59 Å². The molecule has 31 heavy (non-hydrogen) atoms. The van der Waals surface area contributed by atoms with Crippen LogP contribution in [-0.4, -0.2) is 48.0 Å². The fourth-order valence-corrected chi connectivity index (χ4v) is 3.89. The van der Waals surface area contributed by atoms with E-state index in [2.05, 4.69) is 4.99 Å². The van der Waals surface area contributed by atoms with Crippen molar-refractivity contribution in [2.24, 2.45) is 4.99 Å². The summed E-state index contributed by atoms with van der Waals surface area (Å²) in [5.41, 5.74) is 1.65. The quantitative estimate of drug-likeness (QED) is 0.467. The number of aliphatic carboxylic acids is 1. The third-order valence-electron chi connectivity index (χ3n) is 4.09. The van der Waals surface area contributed by atoms with Crippen LogP contribution in [0.25, 0.3) is 6.08 Å². The third-order valence-corrected chi connectivity index (χ3v) is 5.07. The van der Waals surface area contributed by atoms with Gasteiger partial charge in [-0.15, -0.1) is 0 Å². The molecule has 0 aliphatic carbocycles. The van der Waals surface area contributed by atoms with E-state index in [0.717, 1.165) is 11.3 Å². The molecule has 7 nitrogen and oxygen atoms in total. The highest BCUT2D eigenvalue weighted by atomic mass is 32.2. The van der Waals surface area contributed by atoms with Crippen LogP contribution in [0.5, 0.6) is 5.75 Å². The minimum atomic E-state index is -1.01. The van der Waals surface area contributed by atoms with E-state index in [1.807, 2.05) is 62.4 Å². The average molecular weight is 441 g/mol. The van der Waals surface area contributed by atoms with Crippen molar-refractivity contribution >= 4 is 40.6 Å². The molecule has 1 aliphatic heterocycles. The van der Waals surface area contributed by atoms with Crippen LogP contribution in [0.1, 0.15) is 19.4 Å². The van der Waals surface area contributed by atoms with Gasteiger partial charge in [-0.1, -0.05) is 30.3 Å². The summed E-state index contributed by atoms with van der Waals surface area (Å²) in [6.07, 6.45) is 1.84. The normalized spacial score (nSPS) is 16.5. The summed E-state index contributed by atoms with van der Waals surface area (Å²) < 4.78 is 10.5. The summed E-state index contributed by atoms with van der Waals surface area (Å²) in [5.74, 6) is -0.477. The van der Waals surface area contributed by atoms with Gasteiger partial charge in [0.2, 0.25) is 0 Å². The topological polar surface area (TPSA) is 88.4 Å². The number of carbonyl (C=O) groups is 2. The van der Waals surface area contributed by atoms with Gasteiger partial charge in [-0.25, -0.2) is 4.79 Å². The van der Waals surface area contributed by atoms with Crippen molar-refractivity contribution in [1.82, 2.24) is 0 Å². The largest absolute Gasteiger partial charge is 0.491 e. The Morgan fingerprint density at radius 3 is 2.48 bits per heavy atom. The van der Waals surface area contributed by atoms with Gasteiger partial charge in [0.05, 0.1) is 17.2 Å². The van der Waals surface area contributed by atoms with E-state index in [4.69, 9.17) is 14.6 Å². The monoisotopic (exact) mass is 440 g/mol. The molecule has 3 rings (SSSR count). The van der Waals surface area contributed by atoms with Crippen LogP contribution in [0.15, 0.2) is 64.5 Å². The van der Waals surface area contributed by atoms with Gasteiger partial charge < -0.3 is 14.6 Å². The molecule has 0 unspecified atom stereocenters. The van der Waals surface area contributed by atoms with E-state index in [1.165, 1.54) is 11.8 Å². The number of carboxylic acid groups (broad SMARTS) is 1. The van der Waals surface area contributed by atoms with Crippen LogP contribution in [0, 0.1) is 0 Å². The molecule has 1 saturated heterocycles. The predicted molar refractivity (Wildman–Crippen MR) is 122 cm³/mol. The number of rotatable bonds is 9. The first-order valence-corrected chi connectivity index (χ1v) is 10.6. The van der Waals surface area contributed by atoms with Gasteiger partial charge in [0.15, 0.2) is 5.17 Å². The summed E-state index contributed by atoms with van der Waals surface area (Å²) in [6.45, 7) is 4.06. The Bertz CT molecular complexity index is 971. The van der Waals surface area contributed by atoms with Gasteiger partial charge in [0, 0.05) is 6.04 Å². The smallest absolute Gasteiger partial charge is 0.329 e. The fourth-order valence-electron chi connectivity index (χ4n) is 2.78. The molecule has 1 N–H and O–H groups in total. The van der Waals surface area contributed by atoms with Gasteiger partial charge in [-0.05, 0) is 61.5 Å². The number of ether oxygens (including phenoxy) is 2. The molecule has 0 atom stereocenters. The summed E-state index contributed by atoms with van der Waals surface area (Å²) in [5, 5.41) is 9.19. The number of hydrogen-bond donors (Lipinski definition) is 1. The van der Waals surface area contributed by atoms with E-state index in [0.29, 0.717) is 15.8 Å². The Kier molecular flexibility index (Phi) is 7.86. The molecule has 1 aliphatic rings. The number of nitrogens with zero attached hydrogens (tertiary/aromatic N) is 2. The first-order valence-electron chi connectivity index (χ1n) is 9.83. The van der Waals surface area contributed by atoms with Gasteiger partial charge in [0.1, 0.15) is 19.0 Å². The highest BCUT2D eigenvalue weighted by molar-refractivity contribution is 8.19. The Morgan fingerprint density at radius 1 is 1.13 bits per heavy atom. The first-order chi connectivity index (χ1) is 14.9. The maximum Gasteiger partial charge on any atom is 0.329 e. The van der Waals surface area contributed by atoms with Crippen molar-refractivity contribution in [3.8, 4) is 5.75 Å². The molecule has 162 valence electrons. The number of aliphatic imine (C=N–C) groups is 1. The predicted octanol–water partition coefficient (Wildman–Crippen LogP) is 4.05. The highest BCUT2D eigenvalue weighted by Gasteiger charge is 2.34. The second-order valence-corrected chi connectivity index (χ2v) is 7.97. The van der Waals surface area contributed by atoms with Crippen molar-refractivity contribution in [3.05, 3.63) is 65.1 Å². The van der Waals surface area contributed by atoms with Gasteiger partial charge in [-0.2, -0.15) is 0 Å². The number of benzene rings is 2. The molecule has 1 amide bonds. The lowest BCUT2D eigenvalue weighted by Gasteiger charge is -2.16. The lowest BCUT2D eigenvalue weighted by molar-refractivity contribution is -0.142. The number of thioether (sulfide) groups is 1. The van der Waals surface area contributed by atoms with Crippen LogP contribution < -0.4 is 9.64 Å². The number of amidine groups is 1. The standard InChI is InChI=1S/C23H24N2O5S/c1-16(2)24-23-25(18-6-4-3-5-7-18)22(28)20(31-23)14-17-8-10-19(11-9-17)30-13-12-29-15-21(26)27/h3-11,14,16H,12-13,15H2,1-2H3,(H,26,27). The number of hydrogen-bond acceptors (Lipinski definition) is 6.